The van der Waals surface area contributed by atoms with Crippen LogP contribution < -0.4 is 5.32 Å². The van der Waals surface area contributed by atoms with Crippen molar-refractivity contribution in [3.63, 3.8) is 0 Å². The molecule has 1 atom stereocenters. The number of hydrogen-bond donors (Lipinski definition) is 1. The van der Waals surface area contributed by atoms with Crippen LogP contribution in [0.5, 0.6) is 0 Å². The lowest BCUT2D eigenvalue weighted by molar-refractivity contribution is 0.0943. The Morgan fingerprint density at radius 1 is 1.62 bits per heavy atom. The highest BCUT2D eigenvalue weighted by molar-refractivity contribution is 9.09. The van der Waals surface area contributed by atoms with Gasteiger partial charge < -0.3 is 5.32 Å². The van der Waals surface area contributed by atoms with Crippen molar-refractivity contribution in [2.24, 2.45) is 5.92 Å². The van der Waals surface area contributed by atoms with Crippen molar-refractivity contribution >= 4 is 21.8 Å². The summed E-state index contributed by atoms with van der Waals surface area (Å²) in [6, 6.07) is 2.60. The van der Waals surface area contributed by atoms with Crippen LogP contribution in [0.2, 0.25) is 0 Å². The number of hydrogen-bond acceptors (Lipinski definition) is 2. The Hall–Kier alpha value is -0.970. The summed E-state index contributed by atoms with van der Waals surface area (Å²) in [5.74, 6) is -0.297. The number of carbonyl (C=O) groups is 1. The number of alkyl halides is 1. The van der Waals surface area contributed by atoms with Crippen molar-refractivity contribution in [2.75, 3.05) is 11.9 Å². The average molecular weight is 289 g/mol. The number of nitrogens with one attached hydrogen (secondary N) is 1. The molecule has 0 saturated carbocycles. The van der Waals surface area contributed by atoms with Crippen LogP contribution >= 0.6 is 15.9 Å². The number of rotatable bonds is 5. The van der Waals surface area contributed by atoms with E-state index in [4.69, 9.17) is 0 Å². The maximum atomic E-state index is 12.6. The summed E-state index contributed by atoms with van der Waals surface area (Å²) in [4.78, 5) is 15.3. The van der Waals surface area contributed by atoms with E-state index in [-0.39, 0.29) is 11.6 Å². The molecular formula is C11H14BrFN2O. The van der Waals surface area contributed by atoms with Crippen LogP contribution in [0.25, 0.3) is 0 Å². The molecule has 0 aromatic carbocycles. The first-order chi connectivity index (χ1) is 7.63. The molecule has 0 aliphatic rings. The Morgan fingerprint density at radius 3 is 2.94 bits per heavy atom. The van der Waals surface area contributed by atoms with E-state index in [0.29, 0.717) is 12.5 Å². The van der Waals surface area contributed by atoms with Crippen LogP contribution in [-0.4, -0.2) is 22.8 Å². The van der Waals surface area contributed by atoms with Crippen molar-refractivity contribution < 1.29 is 9.18 Å². The van der Waals surface area contributed by atoms with E-state index in [2.05, 4.69) is 33.2 Å². The number of halogens is 2. The number of amides is 1. The summed E-state index contributed by atoms with van der Waals surface area (Å²) >= 11 is 3.34. The van der Waals surface area contributed by atoms with Gasteiger partial charge in [-0.15, -0.1) is 0 Å². The molecule has 88 valence electrons. The number of pyridine rings is 1. The minimum atomic E-state index is -0.441. The second-order valence-electron chi connectivity index (χ2n) is 3.65. The lowest BCUT2D eigenvalue weighted by atomic mass is 10.1. The summed E-state index contributed by atoms with van der Waals surface area (Å²) in [6.07, 6.45) is 2.04. The molecule has 1 aromatic heterocycles. The fourth-order valence-corrected chi connectivity index (χ4v) is 1.94. The summed E-state index contributed by atoms with van der Waals surface area (Å²) in [5, 5.41) is 3.67. The molecule has 5 heteroatoms. The third kappa shape index (κ3) is 4.26. The van der Waals surface area contributed by atoms with Crippen LogP contribution in [0.4, 0.5) is 4.39 Å². The van der Waals surface area contributed by atoms with Crippen molar-refractivity contribution in [3.05, 3.63) is 29.8 Å². The minimum Gasteiger partial charge on any atom is -0.350 e. The zero-order chi connectivity index (χ0) is 12.0. The Morgan fingerprint density at radius 2 is 2.38 bits per heavy atom. The van der Waals surface area contributed by atoms with E-state index in [9.17, 15) is 9.18 Å². The molecule has 0 aliphatic heterocycles. The molecule has 0 bridgehead atoms. The van der Waals surface area contributed by atoms with E-state index >= 15 is 0 Å². The third-order valence-corrected chi connectivity index (χ3v) is 2.63. The molecule has 3 nitrogen and oxygen atoms in total. The van der Waals surface area contributed by atoms with Gasteiger partial charge in [-0.25, -0.2) is 9.37 Å². The van der Waals surface area contributed by atoms with Crippen molar-refractivity contribution in [1.29, 1.82) is 0 Å². The smallest absolute Gasteiger partial charge is 0.269 e. The molecule has 0 spiro atoms. The Balaban J connectivity index is 2.43. The second-order valence-corrected chi connectivity index (χ2v) is 4.45. The van der Waals surface area contributed by atoms with Crippen LogP contribution in [0, 0.1) is 11.7 Å². The van der Waals surface area contributed by atoms with E-state index in [1.54, 1.807) is 0 Å². The predicted octanol–water partition coefficient (Wildman–Crippen LogP) is 2.37. The van der Waals surface area contributed by atoms with E-state index in [1.807, 2.05) is 0 Å². The lowest BCUT2D eigenvalue weighted by Crippen LogP contribution is -2.29. The molecule has 1 heterocycles. The molecule has 16 heavy (non-hydrogen) atoms. The first-order valence-electron chi connectivity index (χ1n) is 5.09. The zero-order valence-corrected chi connectivity index (χ0v) is 10.6. The number of aromatic nitrogens is 1. The van der Waals surface area contributed by atoms with Gasteiger partial charge in [0.1, 0.15) is 11.5 Å². The quantitative estimate of drug-likeness (QED) is 0.846. The van der Waals surface area contributed by atoms with Crippen molar-refractivity contribution in [1.82, 2.24) is 10.3 Å². The molecule has 0 radical (unpaired) electrons. The Labute approximate surface area is 103 Å². The largest absolute Gasteiger partial charge is 0.350 e. The van der Waals surface area contributed by atoms with E-state index < -0.39 is 5.82 Å². The Bertz CT molecular complexity index is 342. The summed E-state index contributed by atoms with van der Waals surface area (Å²) in [6.45, 7) is 2.66. The maximum absolute atomic E-state index is 12.6. The van der Waals surface area contributed by atoms with Gasteiger partial charge >= 0.3 is 0 Å². The molecule has 1 amide bonds. The molecule has 1 N–H and O–H groups in total. The van der Waals surface area contributed by atoms with Crippen LogP contribution in [0.15, 0.2) is 18.3 Å². The topological polar surface area (TPSA) is 42.0 Å². The monoisotopic (exact) mass is 288 g/mol. The predicted molar refractivity (Wildman–Crippen MR) is 64.1 cm³/mol. The van der Waals surface area contributed by atoms with Gasteiger partial charge in [-0.05, 0) is 24.5 Å². The van der Waals surface area contributed by atoms with Gasteiger partial charge in [0.15, 0.2) is 0 Å². The first-order valence-corrected chi connectivity index (χ1v) is 6.21. The first kappa shape index (κ1) is 13.1. The minimum absolute atomic E-state index is 0.243. The summed E-state index contributed by atoms with van der Waals surface area (Å²) in [5.41, 5.74) is 0.243. The average Bonchev–Trinajstić information content (AvgIpc) is 2.27. The second kappa shape index (κ2) is 6.58. The molecule has 1 rings (SSSR count). The molecule has 0 saturated heterocycles. The maximum Gasteiger partial charge on any atom is 0.269 e. The third-order valence-electron chi connectivity index (χ3n) is 2.17. The number of nitrogens with zero attached hydrogens (tertiary/aromatic N) is 1. The van der Waals surface area contributed by atoms with Gasteiger partial charge in [0, 0.05) is 11.9 Å². The SMILES string of the molecule is CC(CCBr)CNC(=O)c1ccc(F)cn1. The highest BCUT2D eigenvalue weighted by atomic mass is 79.9. The van der Waals surface area contributed by atoms with Crippen LogP contribution in [0.1, 0.15) is 23.8 Å². The van der Waals surface area contributed by atoms with Gasteiger partial charge in [-0.1, -0.05) is 22.9 Å². The fraction of sp³-hybridized carbons (Fsp3) is 0.455. The Kier molecular flexibility index (Phi) is 5.38. The van der Waals surface area contributed by atoms with Gasteiger partial charge in [0.25, 0.3) is 5.91 Å². The van der Waals surface area contributed by atoms with Gasteiger partial charge in [-0.2, -0.15) is 0 Å². The highest BCUT2D eigenvalue weighted by Crippen LogP contribution is 2.03. The molecule has 1 unspecified atom stereocenters. The molecule has 0 aliphatic carbocycles. The van der Waals surface area contributed by atoms with Gasteiger partial charge in [0.2, 0.25) is 0 Å². The number of carbonyl (C=O) groups excluding carboxylic acids is 1. The van der Waals surface area contributed by atoms with Crippen molar-refractivity contribution in [2.45, 2.75) is 13.3 Å². The van der Waals surface area contributed by atoms with Crippen LogP contribution in [0.3, 0.4) is 0 Å². The van der Waals surface area contributed by atoms with Crippen molar-refractivity contribution in [3.8, 4) is 0 Å². The molecule has 0 fully saturated rings. The zero-order valence-electron chi connectivity index (χ0n) is 9.04. The fourth-order valence-electron chi connectivity index (χ4n) is 1.16. The standard InChI is InChI=1S/C11H14BrFN2O/c1-8(4-5-12)6-15-11(16)10-3-2-9(13)7-14-10/h2-3,7-8H,4-6H2,1H3,(H,15,16). The normalized spacial score (nSPS) is 12.2. The molecular weight excluding hydrogens is 275 g/mol. The van der Waals surface area contributed by atoms with Crippen LogP contribution in [-0.2, 0) is 0 Å². The molecule has 1 aromatic rings. The van der Waals surface area contributed by atoms with E-state index in [0.717, 1.165) is 17.9 Å². The lowest BCUT2D eigenvalue weighted by Gasteiger charge is -2.10. The summed E-state index contributed by atoms with van der Waals surface area (Å²) < 4.78 is 12.6. The van der Waals surface area contributed by atoms with Gasteiger partial charge in [0.05, 0.1) is 6.20 Å². The summed E-state index contributed by atoms with van der Waals surface area (Å²) in [7, 11) is 0. The van der Waals surface area contributed by atoms with Gasteiger partial charge in [-0.3, -0.25) is 4.79 Å². The van der Waals surface area contributed by atoms with E-state index in [1.165, 1.54) is 12.1 Å². The highest BCUT2D eigenvalue weighted by Gasteiger charge is 2.08.